The summed E-state index contributed by atoms with van der Waals surface area (Å²) in [6.45, 7) is 4.56. The van der Waals surface area contributed by atoms with Crippen molar-refractivity contribution < 1.29 is 4.21 Å². The molecule has 0 saturated carbocycles. The summed E-state index contributed by atoms with van der Waals surface area (Å²) in [5, 5.41) is 0. The molecule has 2 N–H and O–H groups in total. The van der Waals surface area contributed by atoms with E-state index in [1.807, 2.05) is 12.1 Å². The Hall–Kier alpha value is -0.740. The first-order valence-electron chi connectivity index (χ1n) is 5.11. The molecule has 0 aliphatic heterocycles. The van der Waals surface area contributed by atoms with E-state index in [0.29, 0.717) is 18.2 Å². The molecule has 1 aromatic rings. The van der Waals surface area contributed by atoms with Crippen molar-refractivity contribution in [1.29, 1.82) is 0 Å². The normalized spacial score (nSPS) is 13.1. The van der Waals surface area contributed by atoms with Crippen LogP contribution >= 0.6 is 0 Å². The van der Waals surface area contributed by atoms with Crippen LogP contribution in [0.3, 0.4) is 0 Å². The highest BCUT2D eigenvalue weighted by molar-refractivity contribution is 7.84. The van der Waals surface area contributed by atoms with E-state index in [9.17, 15) is 4.21 Å². The van der Waals surface area contributed by atoms with Crippen LogP contribution < -0.4 is 5.73 Å². The Kier molecular flexibility index (Phi) is 4.91. The molecule has 1 unspecified atom stereocenters. The molecule has 1 rings (SSSR count). The van der Waals surface area contributed by atoms with Crippen LogP contribution in [0.2, 0.25) is 0 Å². The van der Waals surface area contributed by atoms with Crippen molar-refractivity contribution in [2.24, 2.45) is 11.7 Å². The summed E-state index contributed by atoms with van der Waals surface area (Å²) in [5.74, 6) is 1.76. The van der Waals surface area contributed by atoms with Gasteiger partial charge >= 0.3 is 0 Å². The minimum Gasteiger partial charge on any atom is -0.325 e. The van der Waals surface area contributed by atoms with Gasteiger partial charge in [0.2, 0.25) is 0 Å². The predicted octanol–water partition coefficient (Wildman–Crippen LogP) is 1.44. The molecule has 0 aliphatic rings. The summed E-state index contributed by atoms with van der Waals surface area (Å²) in [4.78, 5) is 4.17. The van der Waals surface area contributed by atoms with Gasteiger partial charge in [0.1, 0.15) is 0 Å². The Bertz CT molecular complexity index is 339. The molecule has 4 heteroatoms. The third-order valence-corrected chi connectivity index (χ3v) is 3.69. The van der Waals surface area contributed by atoms with Crippen LogP contribution in [-0.2, 0) is 23.1 Å². The third-order valence-electron chi connectivity index (χ3n) is 2.01. The minimum atomic E-state index is -0.809. The average Bonchev–Trinajstić information content (AvgIpc) is 2.17. The van der Waals surface area contributed by atoms with Crippen LogP contribution in [0, 0.1) is 5.92 Å². The van der Waals surface area contributed by atoms with E-state index < -0.39 is 10.8 Å². The lowest BCUT2D eigenvalue weighted by molar-refractivity contribution is 0.664. The highest BCUT2D eigenvalue weighted by Gasteiger charge is 2.07. The molecule has 0 fully saturated rings. The van der Waals surface area contributed by atoms with Gasteiger partial charge < -0.3 is 5.73 Å². The number of hydrogen-bond donors (Lipinski definition) is 1. The van der Waals surface area contributed by atoms with Gasteiger partial charge in [-0.3, -0.25) is 9.19 Å². The Labute approximate surface area is 93.6 Å². The first kappa shape index (κ1) is 12.3. The second kappa shape index (κ2) is 5.98. The molecule has 0 saturated heterocycles. The zero-order valence-electron chi connectivity index (χ0n) is 9.27. The van der Waals surface area contributed by atoms with Crippen molar-refractivity contribution in [2.75, 3.05) is 5.75 Å². The third kappa shape index (κ3) is 4.10. The molecule has 0 spiro atoms. The summed E-state index contributed by atoms with van der Waals surface area (Å²) in [7, 11) is -0.809. The molecular weight excluding hydrogens is 208 g/mol. The molecule has 0 aromatic carbocycles. The SMILES string of the molecule is CC(C)CS(=O)Cc1cccnc1CN. The number of hydrogen-bond acceptors (Lipinski definition) is 3. The van der Waals surface area contributed by atoms with Crippen LogP contribution in [0.15, 0.2) is 18.3 Å². The predicted molar refractivity (Wildman–Crippen MR) is 63.7 cm³/mol. The van der Waals surface area contributed by atoms with E-state index in [1.54, 1.807) is 6.20 Å². The molecule has 1 atom stereocenters. The first-order valence-corrected chi connectivity index (χ1v) is 6.60. The molecule has 0 bridgehead atoms. The van der Waals surface area contributed by atoms with Crippen molar-refractivity contribution in [3.05, 3.63) is 29.6 Å². The summed E-state index contributed by atoms with van der Waals surface area (Å²) in [6, 6.07) is 3.81. The van der Waals surface area contributed by atoms with Crippen LogP contribution in [0.5, 0.6) is 0 Å². The second-order valence-corrected chi connectivity index (χ2v) is 5.46. The second-order valence-electron chi connectivity index (χ2n) is 3.96. The van der Waals surface area contributed by atoms with Gasteiger partial charge in [-0.25, -0.2) is 0 Å². The number of nitrogens with two attached hydrogens (primary N) is 1. The highest BCUT2D eigenvalue weighted by atomic mass is 32.2. The van der Waals surface area contributed by atoms with Crippen LogP contribution in [0.25, 0.3) is 0 Å². The monoisotopic (exact) mass is 226 g/mol. The topological polar surface area (TPSA) is 56.0 Å². The zero-order valence-corrected chi connectivity index (χ0v) is 10.1. The quantitative estimate of drug-likeness (QED) is 0.826. The van der Waals surface area contributed by atoms with E-state index in [0.717, 1.165) is 17.0 Å². The smallest absolute Gasteiger partial charge is 0.0580 e. The Balaban J connectivity index is 2.67. The number of rotatable bonds is 5. The van der Waals surface area contributed by atoms with Gasteiger partial charge in [-0.05, 0) is 17.5 Å². The van der Waals surface area contributed by atoms with Gasteiger partial charge in [0, 0.05) is 29.3 Å². The number of pyridine rings is 1. The molecule has 0 aliphatic carbocycles. The van der Waals surface area contributed by atoms with Crippen molar-refractivity contribution in [1.82, 2.24) is 4.98 Å². The van der Waals surface area contributed by atoms with E-state index in [-0.39, 0.29) is 0 Å². The standard InChI is InChI=1S/C11H18N2OS/c1-9(2)7-15(14)8-10-4-3-5-13-11(10)6-12/h3-5,9H,6-8,12H2,1-2H3. The summed E-state index contributed by atoms with van der Waals surface area (Å²) in [5.41, 5.74) is 7.44. The van der Waals surface area contributed by atoms with Crippen LogP contribution in [-0.4, -0.2) is 14.9 Å². The molecule has 15 heavy (non-hydrogen) atoms. The Morgan fingerprint density at radius 3 is 2.87 bits per heavy atom. The molecule has 3 nitrogen and oxygen atoms in total. The van der Waals surface area contributed by atoms with Crippen molar-refractivity contribution >= 4 is 10.8 Å². The molecule has 0 amide bonds. The maximum absolute atomic E-state index is 11.7. The molecule has 1 heterocycles. The van der Waals surface area contributed by atoms with Gasteiger partial charge in [-0.1, -0.05) is 19.9 Å². The lowest BCUT2D eigenvalue weighted by atomic mass is 10.2. The van der Waals surface area contributed by atoms with Gasteiger partial charge in [-0.15, -0.1) is 0 Å². The lowest BCUT2D eigenvalue weighted by Gasteiger charge is -2.07. The zero-order chi connectivity index (χ0) is 11.3. The van der Waals surface area contributed by atoms with Gasteiger partial charge in [0.15, 0.2) is 0 Å². The summed E-state index contributed by atoms with van der Waals surface area (Å²) in [6.07, 6.45) is 1.72. The first-order chi connectivity index (χ1) is 7.13. The number of nitrogens with zero attached hydrogens (tertiary/aromatic N) is 1. The fourth-order valence-electron chi connectivity index (χ4n) is 1.39. The summed E-state index contributed by atoms with van der Waals surface area (Å²) < 4.78 is 11.7. The van der Waals surface area contributed by atoms with E-state index >= 15 is 0 Å². The van der Waals surface area contributed by atoms with Crippen LogP contribution in [0.1, 0.15) is 25.1 Å². The van der Waals surface area contributed by atoms with Gasteiger partial charge in [0.05, 0.1) is 11.4 Å². The fraction of sp³-hybridized carbons (Fsp3) is 0.545. The maximum atomic E-state index is 11.7. The minimum absolute atomic E-state index is 0.412. The largest absolute Gasteiger partial charge is 0.325 e. The van der Waals surface area contributed by atoms with E-state index in [2.05, 4.69) is 18.8 Å². The average molecular weight is 226 g/mol. The van der Waals surface area contributed by atoms with Gasteiger partial charge in [-0.2, -0.15) is 0 Å². The molecular formula is C11H18N2OS. The highest BCUT2D eigenvalue weighted by Crippen LogP contribution is 2.09. The summed E-state index contributed by atoms with van der Waals surface area (Å²) >= 11 is 0. The molecule has 1 aromatic heterocycles. The molecule has 84 valence electrons. The Morgan fingerprint density at radius 2 is 2.27 bits per heavy atom. The fourth-order valence-corrected chi connectivity index (χ4v) is 2.86. The lowest BCUT2D eigenvalue weighted by Crippen LogP contribution is -2.10. The van der Waals surface area contributed by atoms with Crippen molar-refractivity contribution in [2.45, 2.75) is 26.1 Å². The van der Waals surface area contributed by atoms with E-state index in [4.69, 9.17) is 5.73 Å². The van der Waals surface area contributed by atoms with Crippen LogP contribution in [0.4, 0.5) is 0 Å². The maximum Gasteiger partial charge on any atom is 0.0580 e. The number of aromatic nitrogens is 1. The molecule has 0 radical (unpaired) electrons. The van der Waals surface area contributed by atoms with Crippen molar-refractivity contribution in [3.63, 3.8) is 0 Å². The van der Waals surface area contributed by atoms with Crippen molar-refractivity contribution in [3.8, 4) is 0 Å². The Morgan fingerprint density at radius 1 is 1.53 bits per heavy atom. The van der Waals surface area contributed by atoms with Gasteiger partial charge in [0.25, 0.3) is 0 Å². The van der Waals surface area contributed by atoms with E-state index in [1.165, 1.54) is 0 Å².